The van der Waals surface area contributed by atoms with Crippen LogP contribution < -0.4 is 11.1 Å². The summed E-state index contributed by atoms with van der Waals surface area (Å²) in [4.78, 5) is 28.5. The molecule has 1 aliphatic heterocycles. The first-order valence-electron chi connectivity index (χ1n) is 6.67. The van der Waals surface area contributed by atoms with Crippen LogP contribution in [0.4, 0.5) is 5.69 Å². The molecule has 20 heavy (non-hydrogen) atoms. The van der Waals surface area contributed by atoms with Gasteiger partial charge in [-0.1, -0.05) is 0 Å². The van der Waals surface area contributed by atoms with E-state index in [2.05, 4.69) is 10.3 Å². The fourth-order valence-corrected chi connectivity index (χ4v) is 2.37. The Balaban J connectivity index is 2.16. The molecule has 1 aromatic rings. The average Bonchev–Trinajstić information content (AvgIpc) is 2.89. The van der Waals surface area contributed by atoms with E-state index < -0.39 is 5.41 Å². The first kappa shape index (κ1) is 14.5. The van der Waals surface area contributed by atoms with Gasteiger partial charge in [-0.05, 0) is 19.4 Å². The van der Waals surface area contributed by atoms with E-state index in [1.165, 1.54) is 12.4 Å². The van der Waals surface area contributed by atoms with Crippen LogP contribution >= 0.6 is 0 Å². The van der Waals surface area contributed by atoms with Crippen molar-refractivity contribution in [2.24, 2.45) is 5.41 Å². The van der Waals surface area contributed by atoms with E-state index in [9.17, 15) is 9.59 Å². The SMILES string of the molecule is CCNC(=O)[C@]1(CC(=O)c2cncc(N)c2)CCOC1. The molecule has 0 aliphatic carbocycles. The van der Waals surface area contributed by atoms with Crippen LogP contribution in [0.3, 0.4) is 0 Å². The van der Waals surface area contributed by atoms with Crippen LogP contribution in [-0.4, -0.2) is 36.4 Å². The molecule has 6 nitrogen and oxygen atoms in total. The van der Waals surface area contributed by atoms with Gasteiger partial charge in [0, 0.05) is 37.5 Å². The maximum absolute atomic E-state index is 12.3. The predicted molar refractivity (Wildman–Crippen MR) is 74.1 cm³/mol. The number of anilines is 1. The van der Waals surface area contributed by atoms with E-state index in [0.717, 1.165) is 0 Å². The molecular formula is C14H19N3O3. The number of nitrogens with two attached hydrogens (primary N) is 1. The van der Waals surface area contributed by atoms with Gasteiger partial charge in [0.1, 0.15) is 0 Å². The number of aromatic nitrogens is 1. The number of hydrogen-bond acceptors (Lipinski definition) is 5. The second kappa shape index (κ2) is 6.00. The topological polar surface area (TPSA) is 94.3 Å². The lowest BCUT2D eigenvalue weighted by Crippen LogP contribution is -2.43. The smallest absolute Gasteiger partial charge is 0.229 e. The second-order valence-electron chi connectivity index (χ2n) is 5.05. The molecule has 1 atom stereocenters. The third kappa shape index (κ3) is 2.96. The van der Waals surface area contributed by atoms with Gasteiger partial charge in [0.25, 0.3) is 0 Å². The van der Waals surface area contributed by atoms with Crippen LogP contribution in [0.2, 0.25) is 0 Å². The molecule has 1 amide bonds. The molecule has 1 aromatic heterocycles. The third-order valence-electron chi connectivity index (χ3n) is 3.50. The number of nitrogen functional groups attached to an aromatic ring is 1. The van der Waals surface area contributed by atoms with E-state index in [-0.39, 0.29) is 24.7 Å². The number of ketones is 1. The maximum Gasteiger partial charge on any atom is 0.229 e. The molecule has 2 rings (SSSR count). The Labute approximate surface area is 117 Å². The van der Waals surface area contributed by atoms with Crippen molar-refractivity contribution in [1.82, 2.24) is 10.3 Å². The first-order valence-corrected chi connectivity index (χ1v) is 6.67. The molecule has 6 heteroatoms. The number of ether oxygens (including phenoxy) is 1. The molecule has 1 saturated heterocycles. The maximum atomic E-state index is 12.3. The van der Waals surface area contributed by atoms with E-state index in [4.69, 9.17) is 10.5 Å². The predicted octanol–water partition coefficient (Wildman–Crippen LogP) is 0.779. The van der Waals surface area contributed by atoms with E-state index in [1.54, 1.807) is 6.07 Å². The standard InChI is InChI=1S/C14H19N3O3/c1-2-17-13(19)14(3-4-20-9-14)6-12(18)10-5-11(15)8-16-7-10/h5,7-8H,2-4,6,9,15H2,1H3,(H,17,19)/t14-/m0/s1. The quantitative estimate of drug-likeness (QED) is 0.776. The summed E-state index contributed by atoms with van der Waals surface area (Å²) in [6, 6.07) is 1.58. The van der Waals surface area contributed by atoms with Gasteiger partial charge in [0.2, 0.25) is 5.91 Å². The van der Waals surface area contributed by atoms with Crippen LogP contribution in [-0.2, 0) is 9.53 Å². The van der Waals surface area contributed by atoms with Crippen LogP contribution in [0.1, 0.15) is 30.1 Å². The van der Waals surface area contributed by atoms with Gasteiger partial charge in [-0.3, -0.25) is 14.6 Å². The van der Waals surface area contributed by atoms with Crippen molar-refractivity contribution in [1.29, 1.82) is 0 Å². The highest BCUT2D eigenvalue weighted by molar-refractivity contribution is 6.00. The zero-order chi connectivity index (χ0) is 14.6. The van der Waals surface area contributed by atoms with E-state index in [0.29, 0.717) is 30.8 Å². The Morgan fingerprint density at radius 1 is 1.50 bits per heavy atom. The van der Waals surface area contributed by atoms with Gasteiger partial charge in [0.15, 0.2) is 5.78 Å². The fourth-order valence-electron chi connectivity index (χ4n) is 2.37. The molecule has 2 heterocycles. The number of pyridine rings is 1. The highest BCUT2D eigenvalue weighted by atomic mass is 16.5. The van der Waals surface area contributed by atoms with Crippen LogP contribution in [0, 0.1) is 5.41 Å². The highest BCUT2D eigenvalue weighted by Gasteiger charge is 2.43. The highest BCUT2D eigenvalue weighted by Crippen LogP contribution is 2.34. The Bertz CT molecular complexity index is 510. The van der Waals surface area contributed by atoms with Crippen molar-refractivity contribution in [3.63, 3.8) is 0 Å². The summed E-state index contributed by atoms with van der Waals surface area (Å²) >= 11 is 0. The normalized spacial score (nSPS) is 21.6. The van der Waals surface area contributed by atoms with Gasteiger partial charge in [-0.2, -0.15) is 0 Å². The largest absolute Gasteiger partial charge is 0.397 e. The Kier molecular flexibility index (Phi) is 4.34. The van der Waals surface area contributed by atoms with Crippen LogP contribution in [0.5, 0.6) is 0 Å². The summed E-state index contributed by atoms with van der Waals surface area (Å²) in [5.74, 6) is -0.260. The molecule has 108 valence electrons. The average molecular weight is 277 g/mol. The molecule has 1 aliphatic rings. The lowest BCUT2D eigenvalue weighted by atomic mass is 9.80. The molecule has 0 bridgehead atoms. The summed E-state index contributed by atoms with van der Waals surface area (Å²) in [7, 11) is 0. The lowest BCUT2D eigenvalue weighted by Gasteiger charge is -2.25. The number of nitrogens with zero attached hydrogens (tertiary/aromatic N) is 1. The van der Waals surface area contributed by atoms with Crippen molar-refractivity contribution >= 4 is 17.4 Å². The number of rotatable bonds is 5. The molecule has 0 spiro atoms. The third-order valence-corrected chi connectivity index (χ3v) is 3.50. The number of carbonyl (C=O) groups is 2. The Hall–Kier alpha value is -1.95. The van der Waals surface area contributed by atoms with Crippen molar-refractivity contribution in [3.8, 4) is 0 Å². The van der Waals surface area contributed by atoms with Crippen molar-refractivity contribution < 1.29 is 14.3 Å². The number of Topliss-reactive ketones (excluding diaryl/α,β-unsaturated/α-hetero) is 1. The van der Waals surface area contributed by atoms with Crippen molar-refractivity contribution in [3.05, 3.63) is 24.0 Å². The molecule has 0 saturated carbocycles. The molecule has 0 aromatic carbocycles. The van der Waals surface area contributed by atoms with Gasteiger partial charge < -0.3 is 15.8 Å². The minimum Gasteiger partial charge on any atom is -0.397 e. The Morgan fingerprint density at radius 2 is 2.30 bits per heavy atom. The molecule has 0 radical (unpaired) electrons. The molecular weight excluding hydrogens is 258 g/mol. The van der Waals surface area contributed by atoms with Gasteiger partial charge in [0.05, 0.1) is 17.7 Å². The number of nitrogens with one attached hydrogen (secondary N) is 1. The Morgan fingerprint density at radius 3 is 2.90 bits per heavy atom. The van der Waals surface area contributed by atoms with Gasteiger partial charge in [-0.25, -0.2) is 0 Å². The minimum atomic E-state index is -0.766. The molecule has 1 fully saturated rings. The molecule has 3 N–H and O–H groups in total. The summed E-state index contributed by atoms with van der Waals surface area (Å²) in [6.07, 6.45) is 3.62. The van der Waals surface area contributed by atoms with Crippen molar-refractivity contribution in [2.75, 3.05) is 25.5 Å². The van der Waals surface area contributed by atoms with Crippen LogP contribution in [0.25, 0.3) is 0 Å². The number of hydrogen-bond donors (Lipinski definition) is 2. The van der Waals surface area contributed by atoms with Crippen molar-refractivity contribution in [2.45, 2.75) is 19.8 Å². The van der Waals surface area contributed by atoms with E-state index >= 15 is 0 Å². The summed E-state index contributed by atoms with van der Waals surface area (Å²) in [6.45, 7) is 3.17. The summed E-state index contributed by atoms with van der Waals surface area (Å²) in [5, 5.41) is 2.79. The van der Waals surface area contributed by atoms with Crippen LogP contribution in [0.15, 0.2) is 18.5 Å². The monoisotopic (exact) mass is 277 g/mol. The lowest BCUT2D eigenvalue weighted by molar-refractivity contribution is -0.130. The fraction of sp³-hybridized carbons (Fsp3) is 0.500. The number of amides is 1. The van der Waals surface area contributed by atoms with Gasteiger partial charge in [-0.15, -0.1) is 0 Å². The first-order chi connectivity index (χ1) is 9.57. The summed E-state index contributed by atoms with van der Waals surface area (Å²) < 4.78 is 5.34. The van der Waals surface area contributed by atoms with Gasteiger partial charge >= 0.3 is 0 Å². The number of carbonyl (C=O) groups excluding carboxylic acids is 2. The minimum absolute atomic E-state index is 0.115. The molecule has 0 unspecified atom stereocenters. The van der Waals surface area contributed by atoms with E-state index in [1.807, 2.05) is 6.92 Å². The second-order valence-corrected chi connectivity index (χ2v) is 5.05. The zero-order valence-corrected chi connectivity index (χ0v) is 11.5. The zero-order valence-electron chi connectivity index (χ0n) is 11.5. The summed E-state index contributed by atoms with van der Waals surface area (Å²) in [5.41, 5.74) is 5.73.